The monoisotopic (exact) mass is 367 g/mol. The Kier molecular flexibility index (Phi) is 4.98. The molecule has 8 heteroatoms. The summed E-state index contributed by atoms with van der Waals surface area (Å²) in [5.74, 6) is 0.937. The number of aromatic amines is 1. The molecule has 0 spiro atoms. The number of hydrogen-bond donors (Lipinski definition) is 3. The Morgan fingerprint density at radius 1 is 1.19 bits per heavy atom. The number of benzene rings is 1. The lowest BCUT2D eigenvalue weighted by Gasteiger charge is -2.11. The maximum atomic E-state index is 12.5. The van der Waals surface area contributed by atoms with Crippen molar-refractivity contribution in [3.8, 4) is 0 Å². The van der Waals surface area contributed by atoms with Crippen LogP contribution in [0, 0.1) is 20.8 Å². The van der Waals surface area contributed by atoms with Gasteiger partial charge < -0.3 is 20.9 Å². The van der Waals surface area contributed by atoms with Crippen LogP contribution in [-0.4, -0.2) is 39.9 Å². The molecule has 0 saturated carbocycles. The lowest BCUT2D eigenvalue weighted by molar-refractivity contribution is -0.120. The van der Waals surface area contributed by atoms with Gasteiger partial charge in [-0.25, -0.2) is 0 Å². The second-order valence-electron chi connectivity index (χ2n) is 6.99. The van der Waals surface area contributed by atoms with Crippen LogP contribution in [0.3, 0.4) is 0 Å². The van der Waals surface area contributed by atoms with E-state index in [0.717, 1.165) is 22.2 Å². The first-order valence-electron chi connectivity index (χ1n) is 8.77. The van der Waals surface area contributed by atoms with Crippen LogP contribution in [0.4, 0.5) is 11.9 Å². The van der Waals surface area contributed by atoms with E-state index in [2.05, 4.69) is 51.2 Å². The summed E-state index contributed by atoms with van der Waals surface area (Å²) in [5.41, 5.74) is 11.2. The van der Waals surface area contributed by atoms with Crippen LogP contribution in [0.15, 0.2) is 12.1 Å². The number of nitrogens with one attached hydrogen (secondary N) is 2. The summed E-state index contributed by atoms with van der Waals surface area (Å²) in [4.78, 5) is 30.1. The molecule has 27 heavy (non-hydrogen) atoms. The van der Waals surface area contributed by atoms with E-state index >= 15 is 0 Å². The molecule has 8 nitrogen and oxygen atoms in total. The van der Waals surface area contributed by atoms with Crippen molar-refractivity contribution in [2.45, 2.75) is 33.7 Å². The molecule has 0 unspecified atom stereocenters. The van der Waals surface area contributed by atoms with Crippen molar-refractivity contribution in [3.05, 3.63) is 40.3 Å². The topological polar surface area (TPSA) is 113 Å². The highest BCUT2D eigenvalue weighted by Crippen LogP contribution is 2.26. The zero-order valence-electron chi connectivity index (χ0n) is 16.3. The van der Waals surface area contributed by atoms with Gasteiger partial charge in [0.15, 0.2) is 5.82 Å². The molecule has 3 aromatic rings. The molecule has 142 valence electrons. The molecular weight excluding hydrogens is 342 g/mol. The van der Waals surface area contributed by atoms with E-state index < -0.39 is 0 Å². The van der Waals surface area contributed by atoms with Gasteiger partial charge in [-0.15, -0.1) is 0 Å². The minimum Gasteiger partial charge on any atom is -0.368 e. The van der Waals surface area contributed by atoms with E-state index in [0.29, 0.717) is 11.8 Å². The lowest BCUT2D eigenvalue weighted by Crippen LogP contribution is -2.26. The van der Waals surface area contributed by atoms with Crippen molar-refractivity contribution in [1.29, 1.82) is 0 Å². The van der Waals surface area contributed by atoms with Crippen molar-refractivity contribution < 1.29 is 4.79 Å². The van der Waals surface area contributed by atoms with Crippen molar-refractivity contribution in [2.75, 3.05) is 24.7 Å². The number of amides is 1. The summed E-state index contributed by atoms with van der Waals surface area (Å²) in [6.45, 7) is 6.33. The van der Waals surface area contributed by atoms with Crippen LogP contribution >= 0.6 is 0 Å². The third-order valence-electron chi connectivity index (χ3n) is 4.44. The number of nitrogens with two attached hydrogens (primary N) is 1. The van der Waals surface area contributed by atoms with Gasteiger partial charge in [-0.1, -0.05) is 11.6 Å². The number of carbonyl (C=O) groups excluding carboxylic acids is 1. The fraction of sp³-hybridized carbons (Fsp3) is 0.368. The Balaban J connectivity index is 1.76. The predicted octanol–water partition coefficient (Wildman–Crippen LogP) is 1.79. The van der Waals surface area contributed by atoms with Crippen LogP contribution < -0.4 is 16.0 Å². The molecule has 0 aliphatic heterocycles. The normalized spacial score (nSPS) is 11.0. The van der Waals surface area contributed by atoms with Gasteiger partial charge in [0, 0.05) is 30.7 Å². The molecule has 1 amide bonds. The number of nitrogens with zero attached hydrogens (tertiary/aromatic N) is 4. The largest absolute Gasteiger partial charge is 0.368 e. The molecule has 3 rings (SSSR count). The summed E-state index contributed by atoms with van der Waals surface area (Å²) in [7, 11) is 3.64. The van der Waals surface area contributed by atoms with Gasteiger partial charge in [0.05, 0.1) is 13.0 Å². The van der Waals surface area contributed by atoms with Crippen LogP contribution in [0.5, 0.6) is 0 Å². The number of fused-ring (bicyclic) bond motifs is 1. The smallest absolute Gasteiger partial charge is 0.229 e. The van der Waals surface area contributed by atoms with E-state index in [-0.39, 0.29) is 24.8 Å². The third-order valence-corrected chi connectivity index (χ3v) is 4.44. The molecule has 0 bridgehead atoms. The Labute approximate surface area is 158 Å². The van der Waals surface area contributed by atoms with Gasteiger partial charge in [0.25, 0.3) is 0 Å². The molecule has 2 aromatic heterocycles. The molecule has 0 radical (unpaired) electrons. The first-order chi connectivity index (χ1) is 12.7. The zero-order valence-corrected chi connectivity index (χ0v) is 16.3. The number of hydrogen-bond acceptors (Lipinski definition) is 6. The summed E-state index contributed by atoms with van der Waals surface area (Å²) in [6.07, 6.45) is 0.288. The van der Waals surface area contributed by atoms with Gasteiger partial charge in [-0.3, -0.25) is 4.79 Å². The summed E-state index contributed by atoms with van der Waals surface area (Å²) in [5, 5.41) is 3.97. The summed E-state index contributed by atoms with van der Waals surface area (Å²) in [6, 6.07) is 4.25. The number of nitrogen functional groups attached to an aromatic ring is 1. The number of carbonyl (C=O) groups is 1. The highest BCUT2D eigenvalue weighted by Gasteiger charge is 2.15. The number of anilines is 2. The van der Waals surface area contributed by atoms with Gasteiger partial charge >= 0.3 is 0 Å². The minimum absolute atomic E-state index is 0.0939. The number of aryl methyl sites for hydroxylation is 3. The third kappa shape index (κ3) is 3.99. The fourth-order valence-electron chi connectivity index (χ4n) is 3.17. The Morgan fingerprint density at radius 2 is 1.93 bits per heavy atom. The second-order valence-corrected chi connectivity index (χ2v) is 6.99. The highest BCUT2D eigenvalue weighted by atomic mass is 16.1. The van der Waals surface area contributed by atoms with Crippen molar-refractivity contribution >= 4 is 28.7 Å². The zero-order chi connectivity index (χ0) is 19.7. The van der Waals surface area contributed by atoms with Crippen LogP contribution in [0.1, 0.15) is 28.2 Å². The van der Waals surface area contributed by atoms with Crippen molar-refractivity contribution in [1.82, 2.24) is 25.3 Å². The molecule has 0 aliphatic carbocycles. The Hall–Kier alpha value is -3.16. The van der Waals surface area contributed by atoms with Gasteiger partial charge in [-0.2, -0.15) is 15.0 Å². The minimum atomic E-state index is -0.0939. The molecule has 0 atom stereocenters. The van der Waals surface area contributed by atoms with E-state index in [1.54, 1.807) is 4.90 Å². The number of H-pyrrole nitrogens is 1. The quantitative estimate of drug-likeness (QED) is 0.634. The van der Waals surface area contributed by atoms with E-state index in [1.165, 1.54) is 11.1 Å². The average molecular weight is 367 g/mol. The average Bonchev–Trinajstić information content (AvgIpc) is 2.89. The number of rotatable bonds is 5. The van der Waals surface area contributed by atoms with Gasteiger partial charge in [0.1, 0.15) is 0 Å². The van der Waals surface area contributed by atoms with Gasteiger partial charge in [-0.05, 0) is 38.0 Å². The molecule has 0 aliphatic rings. The van der Waals surface area contributed by atoms with Gasteiger partial charge in [0.2, 0.25) is 17.8 Å². The summed E-state index contributed by atoms with van der Waals surface area (Å²) < 4.78 is 0. The van der Waals surface area contributed by atoms with Crippen LogP contribution in [0.2, 0.25) is 0 Å². The first kappa shape index (κ1) is 18.6. The van der Waals surface area contributed by atoms with E-state index in [1.807, 2.05) is 21.0 Å². The van der Waals surface area contributed by atoms with Crippen molar-refractivity contribution in [2.24, 2.45) is 0 Å². The maximum Gasteiger partial charge on any atom is 0.229 e. The number of aromatic nitrogens is 4. The molecular formula is C19H25N7O. The Morgan fingerprint density at radius 3 is 2.63 bits per heavy atom. The highest BCUT2D eigenvalue weighted by molar-refractivity contribution is 5.92. The molecule has 0 saturated heterocycles. The molecule has 2 heterocycles. The molecule has 4 N–H and O–H groups in total. The van der Waals surface area contributed by atoms with E-state index in [4.69, 9.17) is 5.73 Å². The van der Waals surface area contributed by atoms with E-state index in [9.17, 15) is 4.79 Å². The predicted molar refractivity (Wildman–Crippen MR) is 107 cm³/mol. The molecule has 0 fully saturated rings. The SMILES string of the molecule is Cc1cc(C)c2[nH]c(C)c(CC(=O)NCc3nc(N)nc(N(C)C)n3)c2c1. The van der Waals surface area contributed by atoms with Crippen LogP contribution in [-0.2, 0) is 17.8 Å². The standard InChI is InChI=1S/C19H25N7O/c1-10-6-11(2)17-14(7-10)13(12(3)22-17)8-16(27)21-9-15-23-18(20)25-19(24-15)26(4)5/h6-7,22H,8-9H2,1-5H3,(H,21,27)(H2,20,23,24,25). The lowest BCUT2D eigenvalue weighted by atomic mass is 10.0. The van der Waals surface area contributed by atoms with Crippen molar-refractivity contribution in [3.63, 3.8) is 0 Å². The maximum absolute atomic E-state index is 12.5. The van der Waals surface area contributed by atoms with Crippen LogP contribution in [0.25, 0.3) is 10.9 Å². The Bertz CT molecular complexity index is 1010. The second kappa shape index (κ2) is 7.22. The first-order valence-corrected chi connectivity index (χ1v) is 8.77. The fourth-order valence-corrected chi connectivity index (χ4v) is 3.17. The summed E-state index contributed by atoms with van der Waals surface area (Å²) >= 11 is 0. The molecule has 1 aromatic carbocycles.